The van der Waals surface area contributed by atoms with E-state index >= 15 is 0 Å². The van der Waals surface area contributed by atoms with Crippen molar-refractivity contribution in [2.45, 2.75) is 6.42 Å². The Hall–Kier alpha value is -1.54. The number of fused-ring (bicyclic) bond motifs is 1. The van der Waals surface area contributed by atoms with Crippen LogP contribution in [0.3, 0.4) is 0 Å². The van der Waals surface area contributed by atoms with Crippen LogP contribution < -0.4 is 4.74 Å². The van der Waals surface area contributed by atoms with Crippen LogP contribution in [0.4, 0.5) is 0 Å². The summed E-state index contributed by atoms with van der Waals surface area (Å²) in [5, 5.41) is 2.50. The third-order valence-electron chi connectivity index (χ3n) is 3.02. The van der Waals surface area contributed by atoms with Crippen LogP contribution >= 0.6 is 0 Å². The second-order valence-corrected chi connectivity index (χ2v) is 4.53. The van der Waals surface area contributed by atoms with Gasteiger partial charge >= 0.3 is 0 Å². The zero-order chi connectivity index (χ0) is 12.3. The Bertz CT molecular complexity index is 505. The van der Waals surface area contributed by atoms with Gasteiger partial charge in [-0.2, -0.15) is 0 Å². The molecule has 90 valence electrons. The topological polar surface area (TPSA) is 12.5 Å². The lowest BCUT2D eigenvalue weighted by atomic mass is 10.0. The van der Waals surface area contributed by atoms with Crippen molar-refractivity contribution in [3.8, 4) is 5.75 Å². The van der Waals surface area contributed by atoms with E-state index < -0.39 is 0 Å². The van der Waals surface area contributed by atoms with Gasteiger partial charge in [0.25, 0.3) is 0 Å². The van der Waals surface area contributed by atoms with Crippen LogP contribution in [0.15, 0.2) is 36.4 Å². The molecule has 0 atom stereocenters. The number of methoxy groups -OCH3 is 1. The van der Waals surface area contributed by atoms with E-state index in [2.05, 4.69) is 55.4 Å². The van der Waals surface area contributed by atoms with Gasteiger partial charge in [-0.25, -0.2) is 0 Å². The van der Waals surface area contributed by atoms with Gasteiger partial charge in [0.05, 0.1) is 7.11 Å². The predicted molar refractivity (Wildman–Crippen MR) is 72.8 cm³/mol. The number of hydrogen-bond donors (Lipinski definition) is 0. The van der Waals surface area contributed by atoms with Crippen molar-refractivity contribution in [3.05, 3.63) is 42.0 Å². The van der Waals surface area contributed by atoms with Crippen LogP contribution in [0.25, 0.3) is 10.8 Å². The number of ether oxygens (including phenoxy) is 1. The SMILES string of the molecule is COc1ccc(CCN(C)C)c2ccccc12. The number of likely N-dealkylation sites (N-methyl/N-ethyl adjacent to an activating group) is 1. The highest BCUT2D eigenvalue weighted by Crippen LogP contribution is 2.28. The summed E-state index contributed by atoms with van der Waals surface area (Å²) < 4.78 is 5.40. The van der Waals surface area contributed by atoms with Crippen molar-refractivity contribution in [1.29, 1.82) is 0 Å². The van der Waals surface area contributed by atoms with E-state index in [0.29, 0.717) is 0 Å². The molecule has 0 aliphatic rings. The van der Waals surface area contributed by atoms with Gasteiger partial charge in [0.2, 0.25) is 0 Å². The molecule has 2 aromatic rings. The monoisotopic (exact) mass is 229 g/mol. The van der Waals surface area contributed by atoms with Crippen molar-refractivity contribution < 1.29 is 4.74 Å². The first kappa shape index (κ1) is 11.9. The first-order valence-corrected chi connectivity index (χ1v) is 5.91. The molecule has 0 aromatic heterocycles. The average Bonchev–Trinajstić information content (AvgIpc) is 2.35. The summed E-state index contributed by atoms with van der Waals surface area (Å²) in [5.74, 6) is 0.953. The highest BCUT2D eigenvalue weighted by Gasteiger charge is 2.05. The molecule has 2 heteroatoms. The second-order valence-electron chi connectivity index (χ2n) is 4.53. The van der Waals surface area contributed by atoms with Crippen molar-refractivity contribution in [2.24, 2.45) is 0 Å². The molecule has 0 N–H and O–H groups in total. The normalized spacial score (nSPS) is 11.1. The Balaban J connectivity index is 2.43. The van der Waals surface area contributed by atoms with E-state index in [1.165, 1.54) is 16.3 Å². The fourth-order valence-electron chi connectivity index (χ4n) is 2.07. The van der Waals surface area contributed by atoms with Gasteiger partial charge in [-0.05, 0) is 37.5 Å². The van der Waals surface area contributed by atoms with Gasteiger partial charge in [0, 0.05) is 11.9 Å². The largest absolute Gasteiger partial charge is 0.496 e. The summed E-state index contributed by atoms with van der Waals surface area (Å²) in [7, 11) is 5.93. The molecule has 0 amide bonds. The van der Waals surface area contributed by atoms with Crippen molar-refractivity contribution in [2.75, 3.05) is 27.7 Å². The number of benzene rings is 2. The summed E-state index contributed by atoms with van der Waals surface area (Å²) >= 11 is 0. The molecule has 2 rings (SSSR count). The van der Waals surface area contributed by atoms with E-state index in [1.807, 2.05) is 0 Å². The van der Waals surface area contributed by atoms with Crippen LogP contribution in [-0.4, -0.2) is 32.6 Å². The van der Waals surface area contributed by atoms with E-state index in [9.17, 15) is 0 Å². The molecule has 2 aromatic carbocycles. The summed E-state index contributed by atoms with van der Waals surface area (Å²) in [6.45, 7) is 1.07. The minimum atomic E-state index is 0.953. The molecule has 0 saturated heterocycles. The number of nitrogens with zero attached hydrogens (tertiary/aromatic N) is 1. The molecule has 0 radical (unpaired) electrons. The van der Waals surface area contributed by atoms with Crippen LogP contribution in [0.2, 0.25) is 0 Å². The number of hydrogen-bond acceptors (Lipinski definition) is 2. The molecule has 0 saturated carbocycles. The standard InChI is InChI=1S/C15H19NO/c1-16(2)11-10-12-8-9-15(17-3)14-7-5-4-6-13(12)14/h4-9H,10-11H2,1-3H3. The van der Waals surface area contributed by atoms with Crippen molar-refractivity contribution >= 4 is 10.8 Å². The van der Waals surface area contributed by atoms with Crippen LogP contribution in [0, 0.1) is 0 Å². The zero-order valence-electron chi connectivity index (χ0n) is 10.7. The predicted octanol–water partition coefficient (Wildman–Crippen LogP) is 2.95. The van der Waals surface area contributed by atoms with Crippen LogP contribution in [0.1, 0.15) is 5.56 Å². The summed E-state index contributed by atoms with van der Waals surface area (Å²) in [6.07, 6.45) is 1.07. The minimum absolute atomic E-state index is 0.953. The highest BCUT2D eigenvalue weighted by molar-refractivity contribution is 5.91. The summed E-state index contributed by atoms with van der Waals surface area (Å²) in [4.78, 5) is 2.21. The minimum Gasteiger partial charge on any atom is -0.496 e. The maximum absolute atomic E-state index is 5.40. The van der Waals surface area contributed by atoms with Crippen molar-refractivity contribution in [3.63, 3.8) is 0 Å². The third-order valence-corrected chi connectivity index (χ3v) is 3.02. The Morgan fingerprint density at radius 3 is 2.35 bits per heavy atom. The lowest BCUT2D eigenvalue weighted by Crippen LogP contribution is -2.15. The van der Waals surface area contributed by atoms with Gasteiger partial charge in [-0.15, -0.1) is 0 Å². The molecule has 0 spiro atoms. The molecular formula is C15H19NO. The molecule has 0 aliphatic heterocycles. The molecule has 17 heavy (non-hydrogen) atoms. The van der Waals surface area contributed by atoms with E-state index in [0.717, 1.165) is 18.7 Å². The lowest BCUT2D eigenvalue weighted by Gasteiger charge is -2.13. The Labute approximate surface area is 103 Å². The first-order chi connectivity index (χ1) is 8.22. The van der Waals surface area contributed by atoms with Gasteiger partial charge in [-0.3, -0.25) is 0 Å². The molecular weight excluding hydrogens is 210 g/mol. The summed E-state index contributed by atoms with van der Waals surface area (Å²) in [6, 6.07) is 12.7. The summed E-state index contributed by atoms with van der Waals surface area (Å²) in [5.41, 5.74) is 1.38. The highest BCUT2D eigenvalue weighted by atomic mass is 16.5. The van der Waals surface area contributed by atoms with Crippen LogP contribution in [0.5, 0.6) is 5.75 Å². The van der Waals surface area contributed by atoms with Gasteiger partial charge in [-0.1, -0.05) is 30.3 Å². The molecule has 0 bridgehead atoms. The molecule has 0 aliphatic carbocycles. The maximum Gasteiger partial charge on any atom is 0.126 e. The fraction of sp³-hybridized carbons (Fsp3) is 0.333. The van der Waals surface area contributed by atoms with E-state index in [4.69, 9.17) is 4.74 Å². The molecule has 0 fully saturated rings. The van der Waals surface area contributed by atoms with Gasteiger partial charge < -0.3 is 9.64 Å². The molecule has 2 nitrogen and oxygen atoms in total. The fourth-order valence-corrected chi connectivity index (χ4v) is 2.07. The van der Waals surface area contributed by atoms with Crippen molar-refractivity contribution in [1.82, 2.24) is 4.90 Å². The lowest BCUT2D eigenvalue weighted by molar-refractivity contribution is 0.413. The van der Waals surface area contributed by atoms with E-state index in [1.54, 1.807) is 7.11 Å². The average molecular weight is 229 g/mol. The van der Waals surface area contributed by atoms with Crippen LogP contribution in [-0.2, 0) is 6.42 Å². The smallest absolute Gasteiger partial charge is 0.126 e. The Morgan fingerprint density at radius 1 is 1.00 bits per heavy atom. The Morgan fingerprint density at radius 2 is 1.71 bits per heavy atom. The first-order valence-electron chi connectivity index (χ1n) is 5.91. The van der Waals surface area contributed by atoms with E-state index in [-0.39, 0.29) is 0 Å². The Kier molecular flexibility index (Phi) is 3.64. The maximum atomic E-state index is 5.40. The molecule has 0 unspecified atom stereocenters. The molecule has 0 heterocycles. The zero-order valence-corrected chi connectivity index (χ0v) is 10.7. The quantitative estimate of drug-likeness (QED) is 0.799. The second kappa shape index (κ2) is 5.19. The third kappa shape index (κ3) is 2.59. The number of rotatable bonds is 4. The van der Waals surface area contributed by atoms with Gasteiger partial charge in [0.15, 0.2) is 0 Å². The van der Waals surface area contributed by atoms with Gasteiger partial charge in [0.1, 0.15) is 5.75 Å².